The van der Waals surface area contributed by atoms with Crippen molar-refractivity contribution < 1.29 is 24.3 Å². The third kappa shape index (κ3) is 7.91. The zero-order valence-electron chi connectivity index (χ0n) is 25.1. The molecule has 222 valence electrons. The molecule has 3 rings (SSSR count). The number of rotatable bonds is 10. The van der Waals surface area contributed by atoms with E-state index in [0.29, 0.717) is 19.4 Å². The Morgan fingerprint density at radius 2 is 1.88 bits per heavy atom. The van der Waals surface area contributed by atoms with Crippen LogP contribution in [0.3, 0.4) is 0 Å². The molecule has 0 unspecified atom stereocenters. The molecule has 0 bridgehead atoms. The zero-order valence-corrected chi connectivity index (χ0v) is 25.1. The number of amides is 3. The van der Waals surface area contributed by atoms with Crippen LogP contribution in [-0.4, -0.2) is 63.5 Å². The van der Waals surface area contributed by atoms with E-state index in [1.165, 1.54) is 10.6 Å². The van der Waals surface area contributed by atoms with Gasteiger partial charge in [0.25, 0.3) is 5.91 Å². The van der Waals surface area contributed by atoms with E-state index in [1.807, 2.05) is 44.2 Å². The fourth-order valence-electron chi connectivity index (χ4n) is 4.74. The molecule has 0 radical (unpaired) electrons. The summed E-state index contributed by atoms with van der Waals surface area (Å²) in [5.41, 5.74) is 5.81. The first kappa shape index (κ1) is 31.7. The lowest BCUT2D eigenvalue weighted by Gasteiger charge is -2.34. The van der Waals surface area contributed by atoms with Crippen LogP contribution in [0.25, 0.3) is 17.0 Å². The number of carbonyl (C=O) groups is 4. The molecule has 1 aromatic carbocycles. The number of carbonyl (C=O) groups excluding carboxylic acids is 3. The molecule has 2 heterocycles. The highest BCUT2D eigenvalue weighted by Gasteiger charge is 2.34. The van der Waals surface area contributed by atoms with Crippen LogP contribution in [0.2, 0.25) is 0 Å². The molecule has 0 spiro atoms. The van der Waals surface area contributed by atoms with Gasteiger partial charge in [-0.15, -0.1) is 0 Å². The zero-order chi connectivity index (χ0) is 30.5. The summed E-state index contributed by atoms with van der Waals surface area (Å²) in [6.45, 7) is 13.2. The minimum Gasteiger partial charge on any atom is -0.480 e. The van der Waals surface area contributed by atoms with Crippen molar-refractivity contribution >= 4 is 40.7 Å². The lowest BCUT2D eigenvalue weighted by molar-refractivity contribution is -0.148. The Kier molecular flexibility index (Phi) is 10.3. The van der Waals surface area contributed by atoms with Crippen molar-refractivity contribution in [3.8, 4) is 0 Å². The smallest absolute Gasteiger partial charge is 0.322 e. The minimum absolute atomic E-state index is 0.243. The van der Waals surface area contributed by atoms with Gasteiger partial charge >= 0.3 is 5.97 Å². The van der Waals surface area contributed by atoms with Crippen molar-refractivity contribution in [2.45, 2.75) is 85.9 Å². The van der Waals surface area contributed by atoms with Gasteiger partial charge in [0, 0.05) is 17.6 Å². The second kappa shape index (κ2) is 13.2. The van der Waals surface area contributed by atoms with E-state index in [1.54, 1.807) is 20.8 Å². The van der Waals surface area contributed by atoms with Gasteiger partial charge in [0.1, 0.15) is 18.1 Å². The number of nitrogens with one attached hydrogen (secondary N) is 3. The maximum atomic E-state index is 13.3. The molecule has 41 heavy (non-hydrogen) atoms. The summed E-state index contributed by atoms with van der Waals surface area (Å²) in [4.78, 5) is 55.4. The molecule has 1 aliphatic rings. The monoisotopic (exact) mass is 565 g/mol. The predicted molar refractivity (Wildman–Crippen MR) is 159 cm³/mol. The summed E-state index contributed by atoms with van der Waals surface area (Å²) in [5, 5.41) is 17.1. The van der Waals surface area contributed by atoms with Gasteiger partial charge in [0.2, 0.25) is 11.8 Å². The molecule has 0 saturated carbocycles. The number of fused-ring (bicyclic) bond motifs is 1. The number of hydrogen-bond donors (Lipinski definition) is 4. The summed E-state index contributed by atoms with van der Waals surface area (Å²) in [5.74, 6) is -2.52. The highest BCUT2D eigenvalue weighted by Crippen LogP contribution is 2.24. The van der Waals surface area contributed by atoms with Crippen LogP contribution in [0.1, 0.15) is 71.2 Å². The van der Waals surface area contributed by atoms with Gasteiger partial charge in [0.05, 0.1) is 10.9 Å². The average Bonchev–Trinajstić information content (AvgIpc) is 2.93. The number of hydrogen-bond acceptors (Lipinski definition) is 6. The van der Waals surface area contributed by atoms with Gasteiger partial charge in [-0.2, -0.15) is 0 Å². The Hall–Kier alpha value is -3.79. The topological polar surface area (TPSA) is 141 Å². The summed E-state index contributed by atoms with van der Waals surface area (Å²) in [7, 11) is 0. The van der Waals surface area contributed by atoms with Crippen LogP contribution >= 0.6 is 0 Å². The third-order valence-electron chi connectivity index (χ3n) is 7.45. The Bertz CT molecular complexity index is 1340. The van der Waals surface area contributed by atoms with Gasteiger partial charge in [-0.05, 0) is 76.1 Å². The van der Waals surface area contributed by atoms with E-state index in [4.69, 9.17) is 4.98 Å². The first-order valence-corrected chi connectivity index (χ1v) is 14.2. The van der Waals surface area contributed by atoms with Crippen molar-refractivity contribution in [3.63, 3.8) is 0 Å². The maximum absolute atomic E-state index is 13.3. The normalized spacial score (nSPS) is 17.5. The standard InChI is InChI=1S/C31H43N5O5/c1-8-22-16-19(4)23-12-11-21(17-25(23)33-22)13-14-31(6,7)30(41)34-26(18(2)3)27(37)32-20(5)28(38)36-15-9-10-24(35-36)29(39)40/h11-14,16-18,20,24,26,35H,8-10,15H2,1-7H3,(H,32,37)(H,34,41)(H,39,40)/b14-13+/t20-,24-,26-/m0/s1. The van der Waals surface area contributed by atoms with Crippen LogP contribution in [-0.2, 0) is 25.6 Å². The van der Waals surface area contributed by atoms with Gasteiger partial charge in [-0.1, -0.05) is 45.1 Å². The van der Waals surface area contributed by atoms with Crippen molar-refractivity contribution in [3.05, 3.63) is 47.2 Å². The lowest BCUT2D eigenvalue weighted by atomic mass is 9.89. The number of aliphatic carboxylic acids is 1. The van der Waals surface area contributed by atoms with E-state index in [0.717, 1.165) is 28.6 Å². The van der Waals surface area contributed by atoms with E-state index in [-0.39, 0.29) is 11.8 Å². The third-order valence-corrected chi connectivity index (χ3v) is 7.45. The summed E-state index contributed by atoms with van der Waals surface area (Å²) in [6, 6.07) is 5.50. The Morgan fingerprint density at radius 3 is 2.51 bits per heavy atom. The summed E-state index contributed by atoms with van der Waals surface area (Å²) in [6.07, 6.45) is 5.50. The van der Waals surface area contributed by atoms with Crippen LogP contribution in [0, 0.1) is 18.3 Å². The number of hydrazine groups is 1. The number of aryl methyl sites for hydroxylation is 2. The summed E-state index contributed by atoms with van der Waals surface area (Å²) < 4.78 is 0. The minimum atomic E-state index is -1.03. The fraction of sp³-hybridized carbons (Fsp3) is 0.516. The number of nitrogens with zero attached hydrogens (tertiary/aromatic N) is 2. The van der Waals surface area contributed by atoms with E-state index < -0.39 is 41.3 Å². The molecule has 10 nitrogen and oxygen atoms in total. The summed E-state index contributed by atoms with van der Waals surface area (Å²) >= 11 is 0. The number of pyridine rings is 1. The Labute approximate surface area is 241 Å². The van der Waals surface area contributed by atoms with Crippen molar-refractivity contribution in [1.29, 1.82) is 0 Å². The van der Waals surface area contributed by atoms with Crippen molar-refractivity contribution in [2.75, 3.05) is 6.54 Å². The van der Waals surface area contributed by atoms with Gasteiger partial charge < -0.3 is 15.7 Å². The van der Waals surface area contributed by atoms with Gasteiger partial charge in [0.15, 0.2) is 0 Å². The number of benzene rings is 1. The van der Waals surface area contributed by atoms with E-state index in [2.05, 4.69) is 36.0 Å². The molecule has 3 atom stereocenters. The Morgan fingerprint density at radius 1 is 1.17 bits per heavy atom. The molecular weight excluding hydrogens is 522 g/mol. The molecule has 2 aromatic rings. The van der Waals surface area contributed by atoms with Gasteiger partial charge in [-0.3, -0.25) is 29.2 Å². The molecule has 1 saturated heterocycles. The molecule has 3 amide bonds. The number of carboxylic acids is 1. The second-order valence-corrected chi connectivity index (χ2v) is 11.7. The largest absolute Gasteiger partial charge is 0.480 e. The highest BCUT2D eigenvalue weighted by molar-refractivity contribution is 5.94. The predicted octanol–water partition coefficient (Wildman–Crippen LogP) is 3.37. The first-order chi connectivity index (χ1) is 19.2. The molecule has 4 N–H and O–H groups in total. The molecule has 0 aliphatic carbocycles. The molecule has 10 heteroatoms. The second-order valence-electron chi connectivity index (χ2n) is 11.7. The number of aromatic nitrogens is 1. The van der Waals surface area contributed by atoms with E-state index >= 15 is 0 Å². The first-order valence-electron chi connectivity index (χ1n) is 14.2. The number of carboxylic acid groups (broad SMARTS) is 1. The van der Waals surface area contributed by atoms with Crippen LogP contribution in [0.5, 0.6) is 0 Å². The van der Waals surface area contributed by atoms with Crippen molar-refractivity contribution in [1.82, 2.24) is 26.1 Å². The SMILES string of the molecule is CCc1cc(C)c2ccc(/C=C/C(C)(C)C(=O)N[C@H](C(=O)N[C@@H](C)C(=O)N3CCC[C@@H](C(=O)O)N3)C(C)C)cc2n1. The van der Waals surface area contributed by atoms with E-state index in [9.17, 15) is 24.3 Å². The molecule has 1 fully saturated rings. The lowest BCUT2D eigenvalue weighted by Crippen LogP contribution is -2.61. The highest BCUT2D eigenvalue weighted by atomic mass is 16.4. The Balaban J connectivity index is 1.67. The average molecular weight is 566 g/mol. The van der Waals surface area contributed by atoms with Crippen molar-refractivity contribution in [2.24, 2.45) is 11.3 Å². The quantitative estimate of drug-likeness (QED) is 0.346. The van der Waals surface area contributed by atoms with Crippen LogP contribution in [0.4, 0.5) is 0 Å². The molecule has 1 aliphatic heterocycles. The maximum Gasteiger partial charge on any atom is 0.322 e. The van der Waals surface area contributed by atoms with Gasteiger partial charge in [-0.25, -0.2) is 5.43 Å². The molecule has 1 aromatic heterocycles. The van der Waals surface area contributed by atoms with Crippen LogP contribution in [0.15, 0.2) is 30.3 Å². The fourth-order valence-corrected chi connectivity index (χ4v) is 4.74. The molecular formula is C31H43N5O5. The van der Waals surface area contributed by atoms with Crippen LogP contribution < -0.4 is 16.1 Å².